The van der Waals surface area contributed by atoms with Gasteiger partial charge in [0, 0.05) is 19.3 Å². The highest BCUT2D eigenvalue weighted by Gasteiger charge is 2.19. The molecule has 0 aromatic heterocycles. The van der Waals surface area contributed by atoms with E-state index in [9.17, 15) is 14.4 Å². The zero-order valence-electron chi connectivity index (χ0n) is 43.8. The van der Waals surface area contributed by atoms with Gasteiger partial charge in [0.05, 0.1) is 0 Å². The second kappa shape index (κ2) is 54.5. The molecular weight excluding hydrogens is 805 g/mol. The molecule has 0 radical (unpaired) electrons. The van der Waals surface area contributed by atoms with Gasteiger partial charge in [0.1, 0.15) is 13.2 Å². The van der Waals surface area contributed by atoms with Crippen molar-refractivity contribution in [1.29, 1.82) is 0 Å². The third kappa shape index (κ3) is 52.7. The Bertz CT molecular complexity index is 1050. The number of allylic oxidation sites excluding steroid dienone is 4. The number of unbranched alkanes of at least 4 members (excludes halogenated alkanes) is 38. The summed E-state index contributed by atoms with van der Waals surface area (Å²) in [5.41, 5.74) is 0. The molecule has 0 aliphatic carbocycles. The van der Waals surface area contributed by atoms with Crippen LogP contribution < -0.4 is 0 Å². The number of carbonyl (C=O) groups is 3. The molecule has 0 N–H and O–H groups in total. The van der Waals surface area contributed by atoms with Gasteiger partial charge in [0.2, 0.25) is 0 Å². The zero-order chi connectivity index (χ0) is 47.2. The minimum Gasteiger partial charge on any atom is -0.462 e. The van der Waals surface area contributed by atoms with Gasteiger partial charge in [-0.15, -0.1) is 0 Å². The standard InChI is InChI=1S/C59H110O6/c1-4-7-10-13-16-19-22-25-27-28-29-30-32-34-37-40-43-46-49-52-58(61)64-55-56(54-63-57(60)51-48-45-42-39-36-33-24-21-18-15-12-9-6-3)65-59(62)53-50-47-44-41-38-35-31-26-23-20-17-14-11-8-5-2/h16,19,25,27,56H,4-15,17-18,20-24,26,28-55H2,1-3H3/b19-16+,27-25+/t56-/m1/s1. The van der Waals surface area contributed by atoms with Crippen molar-refractivity contribution in [2.45, 2.75) is 322 Å². The summed E-state index contributed by atoms with van der Waals surface area (Å²) in [6, 6.07) is 0. The average Bonchev–Trinajstić information content (AvgIpc) is 3.30. The van der Waals surface area contributed by atoms with Crippen molar-refractivity contribution in [3.05, 3.63) is 24.3 Å². The minimum absolute atomic E-state index is 0.0668. The average molecular weight is 916 g/mol. The van der Waals surface area contributed by atoms with Gasteiger partial charge in [-0.05, 0) is 51.4 Å². The molecule has 0 aliphatic rings. The first-order chi connectivity index (χ1) is 32.0. The normalized spacial score (nSPS) is 12.1. The molecule has 0 aliphatic heterocycles. The Labute approximate surface area is 404 Å². The number of esters is 3. The Hall–Kier alpha value is -2.11. The van der Waals surface area contributed by atoms with Crippen LogP contribution in [0.25, 0.3) is 0 Å². The summed E-state index contributed by atoms with van der Waals surface area (Å²) < 4.78 is 16.9. The van der Waals surface area contributed by atoms with E-state index in [1.54, 1.807) is 0 Å². The van der Waals surface area contributed by atoms with Crippen molar-refractivity contribution >= 4 is 17.9 Å². The fourth-order valence-corrected chi connectivity index (χ4v) is 8.59. The van der Waals surface area contributed by atoms with E-state index in [0.717, 1.165) is 64.2 Å². The van der Waals surface area contributed by atoms with Gasteiger partial charge < -0.3 is 14.2 Å². The maximum atomic E-state index is 12.8. The predicted molar refractivity (Wildman–Crippen MR) is 279 cm³/mol. The second-order valence-corrected chi connectivity index (χ2v) is 19.6. The van der Waals surface area contributed by atoms with E-state index < -0.39 is 6.10 Å². The summed E-state index contributed by atoms with van der Waals surface area (Å²) >= 11 is 0. The summed E-state index contributed by atoms with van der Waals surface area (Å²) in [6.45, 7) is 6.66. The van der Waals surface area contributed by atoms with E-state index >= 15 is 0 Å². The van der Waals surface area contributed by atoms with Crippen molar-refractivity contribution in [3.8, 4) is 0 Å². The summed E-state index contributed by atoms with van der Waals surface area (Å²) in [6.07, 6.45) is 63.0. The Morgan fingerprint density at radius 3 is 0.877 bits per heavy atom. The van der Waals surface area contributed by atoms with E-state index in [2.05, 4.69) is 45.1 Å². The summed E-state index contributed by atoms with van der Waals surface area (Å²) in [5, 5.41) is 0. The molecule has 1 atom stereocenters. The lowest BCUT2D eigenvalue weighted by molar-refractivity contribution is -0.167. The maximum Gasteiger partial charge on any atom is 0.306 e. The van der Waals surface area contributed by atoms with Crippen LogP contribution in [0.4, 0.5) is 0 Å². The lowest BCUT2D eigenvalue weighted by atomic mass is 10.0. The monoisotopic (exact) mass is 915 g/mol. The van der Waals surface area contributed by atoms with Gasteiger partial charge in [0.15, 0.2) is 6.10 Å². The highest BCUT2D eigenvalue weighted by Crippen LogP contribution is 2.17. The fraction of sp³-hybridized carbons (Fsp3) is 0.881. The summed E-state index contributed by atoms with van der Waals surface area (Å²) in [4.78, 5) is 38.1. The molecular formula is C59H110O6. The molecule has 6 heteroatoms. The third-order valence-electron chi connectivity index (χ3n) is 13.0. The van der Waals surface area contributed by atoms with Crippen LogP contribution in [-0.4, -0.2) is 37.2 Å². The molecule has 0 saturated carbocycles. The van der Waals surface area contributed by atoms with Crippen LogP contribution in [-0.2, 0) is 28.6 Å². The van der Waals surface area contributed by atoms with Gasteiger partial charge in [-0.2, -0.15) is 0 Å². The van der Waals surface area contributed by atoms with Crippen molar-refractivity contribution in [2.24, 2.45) is 0 Å². The van der Waals surface area contributed by atoms with Crippen LogP contribution in [0.2, 0.25) is 0 Å². The smallest absolute Gasteiger partial charge is 0.306 e. The van der Waals surface area contributed by atoms with Gasteiger partial charge >= 0.3 is 17.9 Å². The molecule has 382 valence electrons. The van der Waals surface area contributed by atoms with Crippen molar-refractivity contribution < 1.29 is 28.6 Å². The minimum atomic E-state index is -0.767. The molecule has 0 aromatic rings. The van der Waals surface area contributed by atoms with E-state index in [4.69, 9.17) is 14.2 Å². The van der Waals surface area contributed by atoms with Gasteiger partial charge in [-0.3, -0.25) is 14.4 Å². The maximum absolute atomic E-state index is 12.8. The number of hydrogen-bond acceptors (Lipinski definition) is 6. The first-order valence-electron chi connectivity index (χ1n) is 28.8. The van der Waals surface area contributed by atoms with Crippen molar-refractivity contribution in [2.75, 3.05) is 13.2 Å². The van der Waals surface area contributed by atoms with Crippen LogP contribution in [0.15, 0.2) is 24.3 Å². The summed E-state index contributed by atoms with van der Waals surface area (Å²) in [5.74, 6) is -0.850. The number of carbonyl (C=O) groups excluding carboxylic acids is 3. The van der Waals surface area contributed by atoms with Crippen LogP contribution in [0.3, 0.4) is 0 Å². The molecule has 0 amide bonds. The molecule has 0 unspecified atom stereocenters. The molecule has 0 heterocycles. The van der Waals surface area contributed by atoms with Gasteiger partial charge in [-0.25, -0.2) is 0 Å². The predicted octanol–water partition coefficient (Wildman–Crippen LogP) is 19.1. The highest BCUT2D eigenvalue weighted by molar-refractivity contribution is 5.71. The molecule has 0 fully saturated rings. The van der Waals surface area contributed by atoms with Crippen LogP contribution >= 0.6 is 0 Å². The SMILES string of the molecule is CCCCC/C=C/C/C=C/CCCCCCCCCCCC(=O)OC[C@@H](COC(=O)CCCCCCCCCCCCCCC)OC(=O)CCCCCCCCCCCCCCCCC. The van der Waals surface area contributed by atoms with Crippen molar-refractivity contribution in [3.63, 3.8) is 0 Å². The van der Waals surface area contributed by atoms with E-state index in [0.29, 0.717) is 19.3 Å². The first kappa shape index (κ1) is 62.9. The molecule has 0 saturated heterocycles. The Balaban J connectivity index is 4.31. The lowest BCUT2D eigenvalue weighted by Crippen LogP contribution is -2.30. The molecule has 0 aromatic carbocycles. The van der Waals surface area contributed by atoms with Crippen molar-refractivity contribution in [1.82, 2.24) is 0 Å². The van der Waals surface area contributed by atoms with E-state index in [1.807, 2.05) is 0 Å². The highest BCUT2D eigenvalue weighted by atomic mass is 16.6. The molecule has 0 spiro atoms. The van der Waals surface area contributed by atoms with Crippen LogP contribution in [0.5, 0.6) is 0 Å². The Morgan fingerprint density at radius 2 is 0.554 bits per heavy atom. The lowest BCUT2D eigenvalue weighted by Gasteiger charge is -2.18. The number of hydrogen-bond donors (Lipinski definition) is 0. The molecule has 0 rings (SSSR count). The van der Waals surface area contributed by atoms with Crippen LogP contribution in [0, 0.1) is 0 Å². The van der Waals surface area contributed by atoms with Gasteiger partial charge in [-0.1, -0.05) is 270 Å². The molecule has 6 nitrogen and oxygen atoms in total. The number of rotatable bonds is 53. The largest absolute Gasteiger partial charge is 0.462 e. The van der Waals surface area contributed by atoms with E-state index in [1.165, 1.54) is 212 Å². The quantitative estimate of drug-likeness (QED) is 0.0262. The van der Waals surface area contributed by atoms with Gasteiger partial charge in [0.25, 0.3) is 0 Å². The Kier molecular flexibility index (Phi) is 52.7. The topological polar surface area (TPSA) is 78.9 Å². The third-order valence-corrected chi connectivity index (χ3v) is 13.0. The van der Waals surface area contributed by atoms with Crippen LogP contribution in [0.1, 0.15) is 316 Å². The first-order valence-corrected chi connectivity index (χ1v) is 28.8. The zero-order valence-corrected chi connectivity index (χ0v) is 43.8. The number of ether oxygens (including phenoxy) is 3. The summed E-state index contributed by atoms with van der Waals surface area (Å²) in [7, 11) is 0. The Morgan fingerprint density at radius 1 is 0.308 bits per heavy atom. The van der Waals surface area contributed by atoms with E-state index in [-0.39, 0.29) is 31.1 Å². The molecule has 65 heavy (non-hydrogen) atoms. The molecule has 0 bridgehead atoms. The second-order valence-electron chi connectivity index (χ2n) is 19.6. The fourth-order valence-electron chi connectivity index (χ4n) is 8.59.